The van der Waals surface area contributed by atoms with Crippen LogP contribution in [0.1, 0.15) is 72.1 Å². The van der Waals surface area contributed by atoms with Crippen LogP contribution in [0.15, 0.2) is 12.7 Å². The molecule has 3 heteroatoms. The third kappa shape index (κ3) is 2.79. The van der Waals surface area contributed by atoms with Gasteiger partial charge in [0.1, 0.15) is 5.78 Å². The van der Waals surface area contributed by atoms with Gasteiger partial charge in [0.05, 0.1) is 5.60 Å². The lowest BCUT2D eigenvalue weighted by Crippen LogP contribution is -2.63. The molecule has 4 aliphatic rings. The molecule has 0 spiro atoms. The molecule has 0 aromatic rings. The van der Waals surface area contributed by atoms with Crippen LogP contribution in [0.2, 0.25) is 0 Å². The first-order valence-electron chi connectivity index (χ1n) is 11.6. The number of nitrogens with zero attached hydrogens (tertiary/aromatic N) is 1. The monoisotopic (exact) mass is 387 g/mol. The number of fused-ring (bicyclic) bond motifs is 5. The van der Waals surface area contributed by atoms with Crippen molar-refractivity contribution in [2.45, 2.75) is 83.8 Å². The average Bonchev–Trinajstić information content (AvgIpc) is 2.99. The van der Waals surface area contributed by atoms with E-state index in [4.69, 9.17) is 0 Å². The molecule has 0 aromatic heterocycles. The molecular weight excluding hydrogens is 346 g/mol. The maximum atomic E-state index is 12.5. The number of hydrogen-bond donors (Lipinski definition) is 1. The Balaban J connectivity index is 1.72. The molecule has 0 heterocycles. The van der Waals surface area contributed by atoms with Crippen molar-refractivity contribution in [2.75, 3.05) is 14.1 Å². The number of aliphatic hydroxyl groups is 1. The van der Waals surface area contributed by atoms with Crippen molar-refractivity contribution in [3.05, 3.63) is 12.7 Å². The van der Waals surface area contributed by atoms with Crippen LogP contribution in [0.5, 0.6) is 0 Å². The van der Waals surface area contributed by atoms with Crippen LogP contribution in [0, 0.1) is 40.4 Å². The van der Waals surface area contributed by atoms with Crippen molar-refractivity contribution in [3.63, 3.8) is 0 Å². The van der Waals surface area contributed by atoms with Crippen LogP contribution in [-0.4, -0.2) is 41.5 Å². The molecule has 4 aliphatic carbocycles. The van der Waals surface area contributed by atoms with Crippen LogP contribution in [-0.2, 0) is 4.79 Å². The van der Waals surface area contributed by atoms with Crippen molar-refractivity contribution in [2.24, 2.45) is 40.4 Å². The minimum absolute atomic E-state index is 0.168. The summed E-state index contributed by atoms with van der Waals surface area (Å²) >= 11 is 0. The van der Waals surface area contributed by atoms with Gasteiger partial charge >= 0.3 is 0 Å². The fraction of sp³-hybridized carbons (Fsp3) is 0.880. The molecule has 4 saturated carbocycles. The molecule has 158 valence electrons. The second-order valence-electron chi connectivity index (χ2n) is 11.6. The molecule has 4 fully saturated rings. The first-order chi connectivity index (χ1) is 13.1. The van der Waals surface area contributed by atoms with Gasteiger partial charge in [0.25, 0.3) is 0 Å². The van der Waals surface area contributed by atoms with E-state index in [1.165, 1.54) is 19.3 Å². The highest BCUT2D eigenvalue weighted by molar-refractivity contribution is 5.79. The van der Waals surface area contributed by atoms with Gasteiger partial charge in [-0.3, -0.25) is 4.79 Å². The van der Waals surface area contributed by atoms with Gasteiger partial charge in [-0.2, -0.15) is 0 Å². The van der Waals surface area contributed by atoms with Crippen LogP contribution < -0.4 is 0 Å². The Morgan fingerprint density at radius 3 is 2.39 bits per heavy atom. The minimum Gasteiger partial charge on any atom is -0.386 e. The second kappa shape index (κ2) is 6.67. The molecule has 3 unspecified atom stereocenters. The van der Waals surface area contributed by atoms with Gasteiger partial charge in [-0.15, -0.1) is 6.58 Å². The summed E-state index contributed by atoms with van der Waals surface area (Å²) in [6.45, 7) is 10.7. The Morgan fingerprint density at radius 2 is 1.79 bits per heavy atom. The van der Waals surface area contributed by atoms with Crippen LogP contribution in [0.25, 0.3) is 0 Å². The molecule has 3 nitrogen and oxygen atoms in total. The molecule has 4 rings (SSSR count). The van der Waals surface area contributed by atoms with E-state index < -0.39 is 5.60 Å². The molecule has 1 N–H and O–H groups in total. The van der Waals surface area contributed by atoms with Crippen molar-refractivity contribution < 1.29 is 9.90 Å². The molecule has 0 saturated heterocycles. The molecular formula is C25H41NO2. The lowest BCUT2D eigenvalue weighted by molar-refractivity contribution is -0.167. The largest absolute Gasteiger partial charge is 0.386 e. The highest BCUT2D eigenvalue weighted by atomic mass is 16.3. The number of Topliss-reactive ketones (excluding diaryl/α,β-unsaturated/α-hetero) is 1. The van der Waals surface area contributed by atoms with Gasteiger partial charge in [0, 0.05) is 12.0 Å². The standard InChI is InChI=1S/C25H41NO2/c1-7-25(28)13-12-23(3)17(14-25)8-9-18-20-11-10-19(16(2)27)24(20,4)15-21(22(18)23)26(5)6/h7,17-22,28H,1,8-15H2,2-6H3/t17?,18-,19+,20-,21?,22+,23-,24+,25?/m0/s1. The summed E-state index contributed by atoms with van der Waals surface area (Å²) in [5, 5.41) is 10.9. The lowest BCUT2D eigenvalue weighted by atomic mass is 9.42. The fourth-order valence-corrected chi connectivity index (χ4v) is 8.76. The van der Waals surface area contributed by atoms with Gasteiger partial charge in [0.15, 0.2) is 0 Å². The number of ketones is 1. The molecule has 0 amide bonds. The lowest BCUT2D eigenvalue weighted by Gasteiger charge is -2.65. The summed E-state index contributed by atoms with van der Waals surface area (Å²) in [5.41, 5.74) is -0.203. The molecule has 0 bridgehead atoms. The fourth-order valence-electron chi connectivity index (χ4n) is 8.76. The number of carbonyl (C=O) groups is 1. The van der Waals surface area contributed by atoms with E-state index in [-0.39, 0.29) is 11.3 Å². The Hall–Kier alpha value is -0.670. The normalized spacial score (nSPS) is 53.2. The van der Waals surface area contributed by atoms with Crippen molar-refractivity contribution >= 4 is 5.78 Å². The van der Waals surface area contributed by atoms with Crippen LogP contribution in [0.4, 0.5) is 0 Å². The highest BCUT2D eigenvalue weighted by Gasteiger charge is 2.64. The Kier molecular flexibility index (Phi) is 4.91. The van der Waals surface area contributed by atoms with Gasteiger partial charge in [-0.25, -0.2) is 0 Å². The highest BCUT2D eigenvalue weighted by Crippen LogP contribution is 2.68. The topological polar surface area (TPSA) is 40.5 Å². The van der Waals surface area contributed by atoms with Gasteiger partial charge in [-0.05, 0) is 107 Å². The molecule has 28 heavy (non-hydrogen) atoms. The van der Waals surface area contributed by atoms with Crippen LogP contribution >= 0.6 is 0 Å². The van der Waals surface area contributed by atoms with Crippen molar-refractivity contribution in [1.29, 1.82) is 0 Å². The van der Waals surface area contributed by atoms with E-state index in [1.54, 1.807) is 6.08 Å². The summed E-state index contributed by atoms with van der Waals surface area (Å²) in [6.07, 6.45) is 10.6. The summed E-state index contributed by atoms with van der Waals surface area (Å²) in [4.78, 5) is 15.0. The quantitative estimate of drug-likeness (QED) is 0.714. The first kappa shape index (κ1) is 20.6. The summed E-state index contributed by atoms with van der Waals surface area (Å²) < 4.78 is 0. The van der Waals surface area contributed by atoms with Crippen molar-refractivity contribution in [1.82, 2.24) is 4.90 Å². The molecule has 0 aliphatic heterocycles. The predicted molar refractivity (Wildman–Crippen MR) is 114 cm³/mol. The van der Waals surface area contributed by atoms with Gasteiger partial charge in [-0.1, -0.05) is 19.9 Å². The zero-order chi connectivity index (χ0) is 20.5. The third-order valence-electron chi connectivity index (χ3n) is 10.2. The molecule has 0 aromatic carbocycles. The van der Waals surface area contributed by atoms with Crippen molar-refractivity contribution in [3.8, 4) is 0 Å². The Morgan fingerprint density at radius 1 is 1.07 bits per heavy atom. The van der Waals surface area contributed by atoms with E-state index >= 15 is 0 Å². The van der Waals surface area contributed by atoms with E-state index in [2.05, 4.69) is 39.4 Å². The first-order valence-corrected chi connectivity index (χ1v) is 11.6. The van der Waals surface area contributed by atoms with Gasteiger partial charge in [0.2, 0.25) is 0 Å². The number of rotatable bonds is 3. The summed E-state index contributed by atoms with van der Waals surface area (Å²) in [7, 11) is 4.50. The van der Waals surface area contributed by atoms with E-state index in [0.717, 1.165) is 38.0 Å². The van der Waals surface area contributed by atoms with E-state index in [1.807, 2.05) is 6.92 Å². The zero-order valence-corrected chi connectivity index (χ0v) is 18.7. The maximum Gasteiger partial charge on any atom is 0.133 e. The van der Waals surface area contributed by atoms with E-state index in [0.29, 0.717) is 35.0 Å². The maximum absolute atomic E-state index is 12.5. The summed E-state index contributed by atoms with van der Waals surface area (Å²) in [6, 6.07) is 0.536. The van der Waals surface area contributed by atoms with Crippen LogP contribution in [0.3, 0.4) is 0 Å². The minimum atomic E-state index is -0.666. The number of carbonyl (C=O) groups excluding carboxylic acids is 1. The van der Waals surface area contributed by atoms with Gasteiger partial charge < -0.3 is 10.0 Å². The Labute approximate surface area is 172 Å². The summed E-state index contributed by atoms with van der Waals surface area (Å²) in [5.74, 6) is 3.35. The second-order valence-corrected chi connectivity index (χ2v) is 11.6. The molecule has 9 atom stereocenters. The number of hydrogen-bond acceptors (Lipinski definition) is 3. The Bertz CT molecular complexity index is 659. The van der Waals surface area contributed by atoms with E-state index in [9.17, 15) is 9.90 Å². The average molecular weight is 388 g/mol. The smallest absolute Gasteiger partial charge is 0.133 e. The SMILES string of the molecule is C=CC1(O)CC[C@@]2(C)C(CC[C@H]3[C@@H]4CC[C@H](C(C)=O)[C@@]4(C)CC(N(C)C)[C@@H]32)C1. The third-order valence-corrected chi connectivity index (χ3v) is 10.2. The zero-order valence-electron chi connectivity index (χ0n) is 18.7. The predicted octanol–water partition coefficient (Wildman–Crippen LogP) is 4.69. The molecule has 0 radical (unpaired) electrons.